The molecule has 2 fully saturated rings. The van der Waals surface area contributed by atoms with Crippen LogP contribution in [0.15, 0.2) is 46.4 Å². The molecule has 1 heterocycles. The van der Waals surface area contributed by atoms with Gasteiger partial charge in [-0.3, -0.25) is 9.59 Å². The molecule has 1 aromatic heterocycles. The van der Waals surface area contributed by atoms with Crippen LogP contribution in [-0.4, -0.2) is 40.2 Å². The van der Waals surface area contributed by atoms with Gasteiger partial charge in [-0.2, -0.15) is 0 Å². The number of rotatable bonds is 5. The van der Waals surface area contributed by atoms with Crippen LogP contribution in [0.4, 0.5) is 13.2 Å². The van der Waals surface area contributed by atoms with Crippen LogP contribution in [-0.2, 0) is 18.8 Å². The van der Waals surface area contributed by atoms with Crippen molar-refractivity contribution in [3.05, 3.63) is 47.7 Å². The topological polar surface area (TPSA) is 82.8 Å². The summed E-state index contributed by atoms with van der Waals surface area (Å²) in [6.07, 6.45) is 2.53. The maximum Gasteiger partial charge on any atom is 0.375 e. The van der Waals surface area contributed by atoms with E-state index in [2.05, 4.69) is 9.47 Å². The number of hydrogen-bond donors (Lipinski definition) is 0. The molecule has 0 amide bonds. The Morgan fingerprint density at radius 2 is 2.03 bits per heavy atom. The van der Waals surface area contributed by atoms with Crippen LogP contribution in [0, 0.1) is 28.6 Å². The number of ketones is 1. The number of ether oxygens (including phenoxy) is 1. The number of carbonyl (C=O) groups excluding carboxylic acids is 3. The molecule has 0 aliphatic heterocycles. The van der Waals surface area contributed by atoms with E-state index in [4.69, 9.17) is 13.7 Å². The Balaban J connectivity index is 1.67. The van der Waals surface area contributed by atoms with Gasteiger partial charge in [0.1, 0.15) is 11.8 Å². The van der Waals surface area contributed by atoms with E-state index in [9.17, 15) is 18.8 Å². The standard InChI is InChI=1S/C27H30F3O6PS/c1-14-9-16-17-11-19(29)18-10-15(31)6-7-24(18,2)26(17,30)21(36-37)12-25(16,3)27(14,23(33)38-13-28)35-22(32)20-5-4-8-34-20/h4-8,14,16-17,21H,9-13,37H2,1-3H3/t14-,16?,17?,21+,24+,25+,26+,27+/m1/s1. The van der Waals surface area contributed by atoms with Crippen molar-refractivity contribution in [3.8, 4) is 0 Å². The Hall–Kier alpha value is -1.90. The van der Waals surface area contributed by atoms with E-state index in [1.54, 1.807) is 20.8 Å². The SMILES string of the molecule is C[C@@H]1CC2C3CC(F)=C4CC(=O)C=C[C@]4(C)[C@@]3(F)[C@@H](OP)C[C@]2(C)[C@@]1(OC(=O)c1ccco1)C(=O)SCF. The number of carbonyl (C=O) groups is 3. The van der Waals surface area contributed by atoms with Crippen LogP contribution in [0.3, 0.4) is 0 Å². The molecule has 6 nitrogen and oxygen atoms in total. The molecule has 0 bridgehead atoms. The normalized spacial score (nSPS) is 41.9. The third-order valence-electron chi connectivity index (χ3n) is 9.80. The van der Waals surface area contributed by atoms with Gasteiger partial charge in [0.25, 0.3) is 0 Å². The number of furan rings is 1. The van der Waals surface area contributed by atoms with Crippen molar-refractivity contribution in [3.63, 3.8) is 0 Å². The fraction of sp³-hybridized carbons (Fsp3) is 0.593. The zero-order chi connectivity index (χ0) is 27.7. The van der Waals surface area contributed by atoms with E-state index >= 15 is 8.78 Å². The van der Waals surface area contributed by atoms with Crippen molar-refractivity contribution in [1.29, 1.82) is 0 Å². The summed E-state index contributed by atoms with van der Waals surface area (Å²) in [6, 6.07) is 1.85. The molecule has 4 aliphatic rings. The quantitative estimate of drug-likeness (QED) is 0.313. The number of halogens is 3. The summed E-state index contributed by atoms with van der Waals surface area (Å²) in [6.45, 7) is 5.03. The highest BCUT2D eigenvalue weighted by molar-refractivity contribution is 8.13. The Morgan fingerprint density at radius 1 is 1.29 bits per heavy atom. The van der Waals surface area contributed by atoms with Crippen LogP contribution in [0.2, 0.25) is 0 Å². The minimum atomic E-state index is -2.13. The Kier molecular flexibility index (Phi) is 6.80. The number of esters is 1. The molecule has 0 aromatic carbocycles. The molecule has 0 radical (unpaired) electrons. The van der Waals surface area contributed by atoms with Gasteiger partial charge in [-0.1, -0.05) is 19.9 Å². The van der Waals surface area contributed by atoms with Crippen molar-refractivity contribution in [2.45, 2.75) is 63.8 Å². The van der Waals surface area contributed by atoms with E-state index in [1.165, 1.54) is 30.5 Å². The predicted octanol–water partition coefficient (Wildman–Crippen LogP) is 6.09. The molecule has 2 saturated carbocycles. The van der Waals surface area contributed by atoms with Gasteiger partial charge in [0.05, 0.1) is 12.4 Å². The maximum absolute atomic E-state index is 17.8. The van der Waals surface area contributed by atoms with Crippen molar-refractivity contribution < 1.29 is 41.2 Å². The molecule has 4 aliphatic carbocycles. The molecular formula is C27H30F3O6PS. The van der Waals surface area contributed by atoms with Gasteiger partial charge in [0.2, 0.25) is 10.9 Å². The molecule has 38 heavy (non-hydrogen) atoms. The van der Waals surface area contributed by atoms with Crippen LogP contribution in [0.5, 0.6) is 0 Å². The highest BCUT2D eigenvalue weighted by Gasteiger charge is 2.78. The molecule has 5 rings (SSSR count). The van der Waals surface area contributed by atoms with E-state index < -0.39 is 68.9 Å². The highest BCUT2D eigenvalue weighted by Crippen LogP contribution is 2.72. The second-order valence-corrected chi connectivity index (χ2v) is 12.4. The lowest BCUT2D eigenvalue weighted by Gasteiger charge is -2.62. The molecule has 0 N–H and O–H groups in total. The largest absolute Gasteiger partial charge is 0.457 e. The molecule has 9 atom stereocenters. The Morgan fingerprint density at radius 3 is 2.66 bits per heavy atom. The van der Waals surface area contributed by atoms with Crippen LogP contribution < -0.4 is 0 Å². The van der Waals surface area contributed by atoms with E-state index in [-0.39, 0.29) is 42.8 Å². The average molecular weight is 571 g/mol. The zero-order valence-corrected chi connectivity index (χ0v) is 23.3. The zero-order valence-electron chi connectivity index (χ0n) is 21.3. The number of alkyl halides is 2. The smallest absolute Gasteiger partial charge is 0.375 e. The molecule has 0 saturated heterocycles. The maximum atomic E-state index is 17.8. The summed E-state index contributed by atoms with van der Waals surface area (Å²) in [5.41, 5.74) is -6.53. The lowest BCUT2D eigenvalue weighted by molar-refractivity contribution is -0.205. The predicted molar refractivity (Wildman–Crippen MR) is 137 cm³/mol. The minimum Gasteiger partial charge on any atom is -0.457 e. The summed E-state index contributed by atoms with van der Waals surface area (Å²) in [7, 11) is 2.08. The first-order valence-electron chi connectivity index (χ1n) is 12.5. The van der Waals surface area contributed by atoms with E-state index in [1.807, 2.05) is 0 Å². The number of hydrogen-bond acceptors (Lipinski definition) is 7. The lowest BCUT2D eigenvalue weighted by Crippen LogP contribution is -2.69. The number of allylic oxidation sites excluding steroid dienone is 4. The molecule has 206 valence electrons. The van der Waals surface area contributed by atoms with Gasteiger partial charge < -0.3 is 13.7 Å². The molecule has 3 unspecified atom stereocenters. The number of thioether (sulfide) groups is 1. The Bertz CT molecular complexity index is 1240. The second-order valence-electron chi connectivity index (χ2n) is 11.3. The van der Waals surface area contributed by atoms with Crippen LogP contribution in [0.1, 0.15) is 57.0 Å². The number of fused-ring (bicyclic) bond motifs is 5. The van der Waals surface area contributed by atoms with E-state index in [0.717, 1.165) is 0 Å². The highest BCUT2D eigenvalue weighted by atomic mass is 32.2. The first kappa shape index (κ1) is 27.7. The van der Waals surface area contributed by atoms with Crippen molar-refractivity contribution >= 4 is 38.1 Å². The molecule has 0 spiro atoms. The fourth-order valence-corrected chi connectivity index (χ4v) is 9.13. The average Bonchev–Trinajstić information content (AvgIpc) is 3.48. The minimum absolute atomic E-state index is 0.0607. The van der Waals surface area contributed by atoms with Crippen LogP contribution >= 0.6 is 21.2 Å². The lowest BCUT2D eigenvalue weighted by atomic mass is 9.45. The monoisotopic (exact) mass is 570 g/mol. The van der Waals surface area contributed by atoms with Gasteiger partial charge in [-0.25, -0.2) is 18.0 Å². The molecular weight excluding hydrogens is 540 g/mol. The summed E-state index contributed by atoms with van der Waals surface area (Å²) in [5.74, 6) is -4.09. The Labute approximate surface area is 225 Å². The van der Waals surface area contributed by atoms with Gasteiger partial charge in [-0.05, 0) is 61.2 Å². The molecule has 11 heteroatoms. The summed E-state index contributed by atoms with van der Waals surface area (Å²) < 4.78 is 63.9. The van der Waals surface area contributed by atoms with Gasteiger partial charge in [-0.15, -0.1) is 0 Å². The van der Waals surface area contributed by atoms with Gasteiger partial charge in [0, 0.05) is 45.0 Å². The third-order valence-corrected chi connectivity index (χ3v) is 10.8. The second kappa shape index (κ2) is 9.34. The van der Waals surface area contributed by atoms with Crippen molar-refractivity contribution in [2.24, 2.45) is 28.6 Å². The van der Waals surface area contributed by atoms with Crippen molar-refractivity contribution in [2.75, 3.05) is 6.01 Å². The summed E-state index contributed by atoms with van der Waals surface area (Å²) in [4.78, 5) is 39.0. The van der Waals surface area contributed by atoms with E-state index in [0.29, 0.717) is 11.8 Å². The first-order chi connectivity index (χ1) is 17.9. The fourth-order valence-electron chi connectivity index (χ4n) is 8.05. The van der Waals surface area contributed by atoms with Crippen LogP contribution in [0.25, 0.3) is 0 Å². The van der Waals surface area contributed by atoms with Gasteiger partial charge in [0.15, 0.2) is 17.1 Å². The van der Waals surface area contributed by atoms with Gasteiger partial charge >= 0.3 is 5.97 Å². The summed E-state index contributed by atoms with van der Waals surface area (Å²) >= 11 is 0.395. The molecule has 1 aromatic rings. The summed E-state index contributed by atoms with van der Waals surface area (Å²) in [5, 5.41) is -0.687. The first-order valence-corrected chi connectivity index (χ1v) is 14.0. The van der Waals surface area contributed by atoms with Crippen molar-refractivity contribution in [1.82, 2.24) is 0 Å². The third kappa shape index (κ3) is 3.45.